The van der Waals surface area contributed by atoms with Gasteiger partial charge in [-0.05, 0) is 36.4 Å². The molecule has 0 fully saturated rings. The molecule has 0 aliphatic heterocycles. The summed E-state index contributed by atoms with van der Waals surface area (Å²) < 4.78 is 0. The second-order valence-electron chi connectivity index (χ2n) is 5.17. The lowest BCUT2D eigenvalue weighted by atomic mass is 10.1. The van der Waals surface area contributed by atoms with Gasteiger partial charge in [0.2, 0.25) is 0 Å². The van der Waals surface area contributed by atoms with Crippen LogP contribution in [0.1, 0.15) is 31.2 Å². The normalized spacial score (nSPS) is 9.62. The van der Waals surface area contributed by atoms with Crippen molar-refractivity contribution in [2.45, 2.75) is 6.42 Å². The van der Waals surface area contributed by atoms with Crippen LogP contribution in [0.2, 0.25) is 0 Å². The lowest BCUT2D eigenvalue weighted by Crippen LogP contribution is -2.01. The zero-order valence-corrected chi connectivity index (χ0v) is 13.6. The molecule has 0 saturated carbocycles. The summed E-state index contributed by atoms with van der Waals surface area (Å²) >= 11 is 1.54. The smallest absolute Gasteiger partial charge is 0.168 e. The number of nitriles is 1. The molecule has 114 valence electrons. The van der Waals surface area contributed by atoms with Crippen molar-refractivity contribution in [2.75, 3.05) is 0 Å². The minimum atomic E-state index is 0.115. The number of hydrogen-bond donors (Lipinski definition) is 0. The van der Waals surface area contributed by atoms with Crippen LogP contribution in [0.3, 0.4) is 0 Å². The first-order valence-corrected chi connectivity index (χ1v) is 8.25. The highest BCUT2D eigenvalue weighted by Gasteiger charge is 2.08. The van der Waals surface area contributed by atoms with E-state index < -0.39 is 0 Å². The zero-order valence-electron chi connectivity index (χ0n) is 12.8. The number of hydrogen-bond acceptors (Lipinski definition) is 3. The highest BCUT2D eigenvalue weighted by atomic mass is 32.1. The Balaban J connectivity index is 1.69. The number of carbonyl (C=O) groups is 1. The molecule has 0 spiro atoms. The van der Waals surface area contributed by atoms with Gasteiger partial charge >= 0.3 is 0 Å². The van der Waals surface area contributed by atoms with Gasteiger partial charge in [-0.15, -0.1) is 11.3 Å². The first-order valence-electron chi connectivity index (χ1n) is 7.44. The van der Waals surface area contributed by atoms with E-state index in [2.05, 4.69) is 17.9 Å². The molecule has 1 heterocycles. The molecule has 0 aliphatic carbocycles. The summed E-state index contributed by atoms with van der Waals surface area (Å²) in [5.74, 6) is 6.30. The predicted molar refractivity (Wildman–Crippen MR) is 95.9 cm³/mol. The molecule has 0 radical (unpaired) electrons. The second-order valence-corrected chi connectivity index (χ2v) is 6.34. The van der Waals surface area contributed by atoms with Crippen molar-refractivity contribution in [2.24, 2.45) is 0 Å². The van der Waals surface area contributed by atoms with E-state index in [0.29, 0.717) is 12.0 Å². The zero-order chi connectivity index (χ0) is 16.8. The summed E-state index contributed by atoms with van der Waals surface area (Å²) in [6, 6.07) is 22.5. The van der Waals surface area contributed by atoms with E-state index in [1.807, 2.05) is 54.6 Å². The van der Waals surface area contributed by atoms with Crippen LogP contribution in [0.25, 0.3) is 0 Å². The summed E-state index contributed by atoms with van der Waals surface area (Å²) in [6.07, 6.45) is 0.396. The largest absolute Gasteiger partial charge is 0.294 e. The van der Waals surface area contributed by atoms with Gasteiger partial charge in [0.1, 0.15) is 0 Å². The van der Waals surface area contributed by atoms with Crippen molar-refractivity contribution in [1.29, 1.82) is 5.26 Å². The maximum atomic E-state index is 12.2. The van der Waals surface area contributed by atoms with Gasteiger partial charge < -0.3 is 0 Å². The molecule has 3 heteroatoms. The number of benzene rings is 2. The first kappa shape index (κ1) is 15.7. The molecule has 0 aliphatic rings. The van der Waals surface area contributed by atoms with Crippen molar-refractivity contribution in [1.82, 2.24) is 0 Å². The standard InChI is InChI=1S/C21H13NOS/c22-15-17-8-6-16(7-9-17)10-11-19-12-13-20(24-19)14-21(23)18-4-2-1-3-5-18/h1-9,12-13H,14H2. The second kappa shape index (κ2) is 7.42. The maximum Gasteiger partial charge on any atom is 0.168 e. The molecule has 3 aromatic rings. The van der Waals surface area contributed by atoms with E-state index in [-0.39, 0.29) is 5.78 Å². The minimum absolute atomic E-state index is 0.115. The topological polar surface area (TPSA) is 40.9 Å². The summed E-state index contributed by atoms with van der Waals surface area (Å²) in [5.41, 5.74) is 2.22. The van der Waals surface area contributed by atoms with Crippen LogP contribution in [-0.4, -0.2) is 5.78 Å². The molecule has 0 bridgehead atoms. The highest BCUT2D eigenvalue weighted by molar-refractivity contribution is 7.12. The van der Waals surface area contributed by atoms with Gasteiger partial charge in [-0.25, -0.2) is 0 Å². The quantitative estimate of drug-likeness (QED) is 0.527. The molecule has 2 aromatic carbocycles. The fraction of sp³-hybridized carbons (Fsp3) is 0.0476. The summed E-state index contributed by atoms with van der Waals surface area (Å²) in [6.45, 7) is 0. The number of rotatable bonds is 3. The van der Waals surface area contributed by atoms with E-state index in [9.17, 15) is 4.79 Å². The van der Waals surface area contributed by atoms with Gasteiger partial charge in [-0.2, -0.15) is 5.26 Å². The minimum Gasteiger partial charge on any atom is -0.294 e. The molecule has 24 heavy (non-hydrogen) atoms. The van der Waals surface area contributed by atoms with Gasteiger partial charge in [0.05, 0.1) is 16.5 Å². The van der Waals surface area contributed by atoms with Crippen LogP contribution < -0.4 is 0 Å². The third-order valence-corrected chi connectivity index (χ3v) is 4.44. The molecular weight excluding hydrogens is 314 g/mol. The molecule has 0 amide bonds. The SMILES string of the molecule is N#Cc1ccc(C#Cc2ccc(CC(=O)c3ccccc3)s2)cc1. The molecule has 0 N–H and O–H groups in total. The van der Waals surface area contributed by atoms with Crippen LogP contribution in [-0.2, 0) is 6.42 Å². The summed E-state index contributed by atoms with van der Waals surface area (Å²) in [5, 5.41) is 8.78. The number of carbonyl (C=O) groups excluding carboxylic acids is 1. The van der Waals surface area contributed by atoms with E-state index in [4.69, 9.17) is 5.26 Å². The van der Waals surface area contributed by atoms with Gasteiger partial charge in [0.15, 0.2) is 5.78 Å². The fourth-order valence-corrected chi connectivity index (χ4v) is 3.05. The lowest BCUT2D eigenvalue weighted by Gasteiger charge is -1.97. The molecule has 0 saturated heterocycles. The number of thiophene rings is 1. The van der Waals surface area contributed by atoms with Crippen LogP contribution in [0, 0.1) is 23.2 Å². The predicted octanol–water partition coefficient (Wildman–Crippen LogP) is 4.44. The van der Waals surface area contributed by atoms with Crippen LogP contribution >= 0.6 is 11.3 Å². The molecule has 3 rings (SSSR count). The number of nitrogens with zero attached hydrogens (tertiary/aromatic N) is 1. The number of Topliss-reactive ketones (excluding diaryl/α,β-unsaturated/α-hetero) is 1. The molecule has 2 nitrogen and oxygen atoms in total. The molecular formula is C21H13NOS. The van der Waals surface area contributed by atoms with Crippen molar-refractivity contribution in [3.05, 3.63) is 93.2 Å². The third-order valence-electron chi connectivity index (χ3n) is 3.44. The highest BCUT2D eigenvalue weighted by Crippen LogP contribution is 2.18. The first-order chi connectivity index (χ1) is 11.7. The van der Waals surface area contributed by atoms with Crippen LogP contribution in [0.5, 0.6) is 0 Å². The van der Waals surface area contributed by atoms with Gasteiger partial charge in [-0.3, -0.25) is 4.79 Å². The molecule has 1 aromatic heterocycles. The van der Waals surface area contributed by atoms with Crippen LogP contribution in [0.4, 0.5) is 0 Å². The van der Waals surface area contributed by atoms with Crippen molar-refractivity contribution in [3.63, 3.8) is 0 Å². The fourth-order valence-electron chi connectivity index (χ4n) is 2.19. The van der Waals surface area contributed by atoms with Gasteiger partial charge in [-0.1, -0.05) is 42.2 Å². The van der Waals surface area contributed by atoms with Crippen molar-refractivity contribution in [3.8, 4) is 17.9 Å². The number of ketones is 1. The van der Waals surface area contributed by atoms with E-state index in [1.54, 1.807) is 12.1 Å². The van der Waals surface area contributed by atoms with Crippen molar-refractivity contribution >= 4 is 17.1 Å². The molecule has 0 unspecified atom stereocenters. The van der Waals surface area contributed by atoms with Crippen molar-refractivity contribution < 1.29 is 4.79 Å². The monoisotopic (exact) mass is 327 g/mol. The van der Waals surface area contributed by atoms with Crippen LogP contribution in [0.15, 0.2) is 66.7 Å². The lowest BCUT2D eigenvalue weighted by molar-refractivity contribution is 0.0994. The Hall–Kier alpha value is -3.14. The third kappa shape index (κ3) is 3.98. The Bertz CT molecular complexity index is 951. The Morgan fingerprint density at radius 3 is 2.29 bits per heavy atom. The van der Waals surface area contributed by atoms with Gasteiger partial charge in [0.25, 0.3) is 0 Å². The van der Waals surface area contributed by atoms with E-state index >= 15 is 0 Å². The maximum absolute atomic E-state index is 12.2. The van der Waals surface area contributed by atoms with Gasteiger partial charge in [0, 0.05) is 22.4 Å². The van der Waals surface area contributed by atoms with E-state index in [0.717, 1.165) is 20.9 Å². The Kier molecular flexibility index (Phi) is 4.87. The Labute approximate surface area is 145 Å². The Morgan fingerprint density at radius 2 is 1.58 bits per heavy atom. The Morgan fingerprint density at radius 1 is 0.875 bits per heavy atom. The molecule has 0 atom stereocenters. The van der Waals surface area contributed by atoms with E-state index in [1.165, 1.54) is 11.3 Å². The summed E-state index contributed by atoms with van der Waals surface area (Å²) in [7, 11) is 0. The average Bonchev–Trinajstić information content (AvgIpc) is 3.08. The average molecular weight is 327 g/mol. The summed E-state index contributed by atoms with van der Waals surface area (Å²) in [4.78, 5) is 14.1.